The number of benzene rings is 1. The number of amides is 1. The van der Waals surface area contributed by atoms with Gasteiger partial charge in [0.1, 0.15) is 11.5 Å². The standard InChI is InChI=1S/C18H22N2O4S/c1-3-14(2)20-18(21)12-11-15-9-10-16(24-15)13-19-25(22,23)17-7-5-4-6-8-17/h4-12,14,19H,3,13H2,1-2H3,(H,20,21)/b12-11+/t14-/m1/s1. The lowest BCUT2D eigenvalue weighted by Gasteiger charge is -2.08. The van der Waals surface area contributed by atoms with Crippen LogP contribution in [-0.2, 0) is 21.4 Å². The predicted molar refractivity (Wildman–Crippen MR) is 96.1 cm³/mol. The number of hydrogen-bond donors (Lipinski definition) is 2. The summed E-state index contributed by atoms with van der Waals surface area (Å²) in [5, 5.41) is 2.81. The molecule has 0 unspecified atom stereocenters. The summed E-state index contributed by atoms with van der Waals surface area (Å²) in [7, 11) is -3.58. The smallest absolute Gasteiger partial charge is 0.244 e. The van der Waals surface area contributed by atoms with E-state index in [1.807, 2.05) is 13.8 Å². The molecule has 0 saturated carbocycles. The molecule has 1 aromatic carbocycles. The molecule has 0 fully saturated rings. The van der Waals surface area contributed by atoms with Gasteiger partial charge in [-0.25, -0.2) is 13.1 Å². The van der Waals surface area contributed by atoms with Gasteiger partial charge in [0.15, 0.2) is 0 Å². The Balaban J connectivity index is 1.92. The lowest BCUT2D eigenvalue weighted by molar-refractivity contribution is -0.117. The van der Waals surface area contributed by atoms with Gasteiger partial charge >= 0.3 is 0 Å². The second-order valence-electron chi connectivity index (χ2n) is 5.59. The van der Waals surface area contributed by atoms with Crippen LogP contribution in [0.25, 0.3) is 6.08 Å². The van der Waals surface area contributed by atoms with Gasteiger partial charge in [-0.1, -0.05) is 25.1 Å². The highest BCUT2D eigenvalue weighted by atomic mass is 32.2. The third-order valence-corrected chi connectivity index (χ3v) is 4.99. The number of furan rings is 1. The summed E-state index contributed by atoms with van der Waals surface area (Å²) in [6, 6.07) is 11.6. The van der Waals surface area contributed by atoms with Crippen LogP contribution in [0.4, 0.5) is 0 Å². The molecule has 0 aliphatic rings. The molecule has 0 saturated heterocycles. The molecule has 1 heterocycles. The molecule has 25 heavy (non-hydrogen) atoms. The maximum Gasteiger partial charge on any atom is 0.244 e. The van der Waals surface area contributed by atoms with Crippen molar-refractivity contribution in [1.82, 2.24) is 10.0 Å². The van der Waals surface area contributed by atoms with Crippen LogP contribution in [0.2, 0.25) is 0 Å². The van der Waals surface area contributed by atoms with Gasteiger partial charge in [0, 0.05) is 12.1 Å². The summed E-state index contributed by atoms with van der Waals surface area (Å²) in [4.78, 5) is 11.9. The first-order chi connectivity index (χ1) is 11.9. The fourth-order valence-electron chi connectivity index (χ4n) is 1.98. The van der Waals surface area contributed by atoms with Crippen molar-refractivity contribution >= 4 is 22.0 Å². The van der Waals surface area contributed by atoms with E-state index < -0.39 is 10.0 Å². The van der Waals surface area contributed by atoms with Gasteiger partial charge < -0.3 is 9.73 Å². The summed E-state index contributed by atoms with van der Waals surface area (Å²) in [6.07, 6.45) is 3.79. The van der Waals surface area contributed by atoms with Crippen LogP contribution >= 0.6 is 0 Å². The molecule has 1 aromatic heterocycles. The minimum absolute atomic E-state index is 0.0319. The van der Waals surface area contributed by atoms with E-state index in [2.05, 4.69) is 10.0 Å². The minimum atomic E-state index is -3.58. The quantitative estimate of drug-likeness (QED) is 0.707. The lowest BCUT2D eigenvalue weighted by Crippen LogP contribution is -2.30. The summed E-state index contributed by atoms with van der Waals surface area (Å²) < 4.78 is 32.3. The topological polar surface area (TPSA) is 88.4 Å². The normalized spacial score (nSPS) is 13.0. The van der Waals surface area contributed by atoms with Gasteiger partial charge in [0.05, 0.1) is 11.4 Å². The number of nitrogens with one attached hydrogen (secondary N) is 2. The van der Waals surface area contributed by atoms with E-state index in [-0.39, 0.29) is 23.4 Å². The number of hydrogen-bond acceptors (Lipinski definition) is 4. The summed E-state index contributed by atoms with van der Waals surface area (Å²) >= 11 is 0. The third kappa shape index (κ3) is 5.88. The first-order valence-electron chi connectivity index (χ1n) is 8.02. The van der Waals surface area contributed by atoms with E-state index in [4.69, 9.17) is 4.42 Å². The summed E-state index contributed by atoms with van der Waals surface area (Å²) in [5.41, 5.74) is 0. The highest BCUT2D eigenvalue weighted by Crippen LogP contribution is 2.12. The van der Waals surface area contributed by atoms with Crippen molar-refractivity contribution in [3.63, 3.8) is 0 Å². The van der Waals surface area contributed by atoms with Crippen LogP contribution in [0.5, 0.6) is 0 Å². The fourth-order valence-corrected chi connectivity index (χ4v) is 2.99. The molecule has 0 radical (unpaired) electrons. The SMILES string of the molecule is CC[C@@H](C)NC(=O)/C=C/c1ccc(CNS(=O)(=O)c2ccccc2)o1. The van der Waals surface area contributed by atoms with E-state index in [1.54, 1.807) is 36.4 Å². The van der Waals surface area contributed by atoms with Crippen LogP contribution in [0, 0.1) is 0 Å². The van der Waals surface area contributed by atoms with Crippen molar-refractivity contribution in [2.75, 3.05) is 0 Å². The second kappa shape index (κ2) is 8.64. The lowest BCUT2D eigenvalue weighted by atomic mass is 10.2. The number of carbonyl (C=O) groups excluding carboxylic acids is 1. The molecule has 6 nitrogen and oxygen atoms in total. The molecule has 1 atom stereocenters. The summed E-state index contributed by atoms with van der Waals surface area (Å²) in [5.74, 6) is 0.742. The number of sulfonamides is 1. The second-order valence-corrected chi connectivity index (χ2v) is 7.36. The maximum atomic E-state index is 12.1. The first-order valence-corrected chi connectivity index (χ1v) is 9.51. The van der Waals surface area contributed by atoms with Gasteiger partial charge in [-0.15, -0.1) is 0 Å². The van der Waals surface area contributed by atoms with E-state index in [0.717, 1.165) is 6.42 Å². The van der Waals surface area contributed by atoms with Gasteiger partial charge in [0.25, 0.3) is 0 Å². The predicted octanol–water partition coefficient (Wildman–Crippen LogP) is 2.69. The Kier molecular flexibility index (Phi) is 6.55. The van der Waals surface area contributed by atoms with E-state index in [1.165, 1.54) is 18.2 Å². The maximum absolute atomic E-state index is 12.1. The highest BCUT2D eigenvalue weighted by Gasteiger charge is 2.13. The molecule has 2 rings (SSSR count). The molecule has 0 spiro atoms. The highest BCUT2D eigenvalue weighted by molar-refractivity contribution is 7.89. The number of rotatable bonds is 8. The van der Waals surface area contributed by atoms with Gasteiger partial charge in [-0.2, -0.15) is 0 Å². The molecule has 0 aliphatic carbocycles. The van der Waals surface area contributed by atoms with Crippen molar-refractivity contribution in [1.29, 1.82) is 0 Å². The molecule has 1 amide bonds. The van der Waals surface area contributed by atoms with Crippen LogP contribution in [0.3, 0.4) is 0 Å². The van der Waals surface area contributed by atoms with Crippen molar-refractivity contribution in [2.45, 2.75) is 37.8 Å². The molecule has 2 N–H and O–H groups in total. The molecular formula is C18H22N2O4S. The van der Waals surface area contributed by atoms with Crippen molar-refractivity contribution in [3.05, 3.63) is 60.1 Å². The Hall–Kier alpha value is -2.38. The number of carbonyl (C=O) groups is 1. The molecular weight excluding hydrogens is 340 g/mol. The zero-order valence-electron chi connectivity index (χ0n) is 14.2. The Morgan fingerprint density at radius 2 is 1.92 bits per heavy atom. The van der Waals surface area contributed by atoms with E-state index in [9.17, 15) is 13.2 Å². The first kappa shape index (κ1) is 19.0. The van der Waals surface area contributed by atoms with Crippen LogP contribution < -0.4 is 10.0 Å². The van der Waals surface area contributed by atoms with Crippen molar-refractivity contribution in [2.24, 2.45) is 0 Å². The molecule has 0 aliphatic heterocycles. The van der Waals surface area contributed by atoms with Crippen LogP contribution in [-0.4, -0.2) is 20.4 Å². The minimum Gasteiger partial charge on any atom is -0.460 e. The van der Waals surface area contributed by atoms with Crippen molar-refractivity contribution < 1.29 is 17.6 Å². The Bertz CT molecular complexity index is 826. The molecule has 0 bridgehead atoms. The molecule has 134 valence electrons. The third-order valence-electron chi connectivity index (χ3n) is 3.57. The average molecular weight is 362 g/mol. The molecule has 7 heteroatoms. The molecule has 2 aromatic rings. The van der Waals surface area contributed by atoms with Gasteiger partial charge in [0.2, 0.25) is 15.9 Å². The Labute approximate surface area is 148 Å². The van der Waals surface area contributed by atoms with E-state index in [0.29, 0.717) is 11.5 Å². The van der Waals surface area contributed by atoms with Gasteiger partial charge in [-0.05, 0) is 43.7 Å². The monoisotopic (exact) mass is 362 g/mol. The Morgan fingerprint density at radius 3 is 2.60 bits per heavy atom. The summed E-state index contributed by atoms with van der Waals surface area (Å²) in [6.45, 7) is 3.95. The van der Waals surface area contributed by atoms with Gasteiger partial charge in [-0.3, -0.25) is 4.79 Å². The van der Waals surface area contributed by atoms with Crippen LogP contribution in [0.15, 0.2) is 57.9 Å². The van der Waals surface area contributed by atoms with Crippen molar-refractivity contribution in [3.8, 4) is 0 Å². The zero-order valence-corrected chi connectivity index (χ0v) is 15.0. The van der Waals surface area contributed by atoms with Crippen LogP contribution in [0.1, 0.15) is 31.8 Å². The largest absolute Gasteiger partial charge is 0.460 e. The van der Waals surface area contributed by atoms with E-state index >= 15 is 0 Å². The average Bonchev–Trinajstić information content (AvgIpc) is 3.07. The zero-order chi connectivity index (χ0) is 18.3. The fraction of sp³-hybridized carbons (Fsp3) is 0.278. The Morgan fingerprint density at radius 1 is 1.20 bits per heavy atom.